The molecule has 1 aliphatic carbocycles. The molecule has 0 spiro atoms. The molecule has 124 valence electrons. The maximum Gasteiger partial charge on any atom is 0.115 e. The van der Waals surface area contributed by atoms with Crippen LogP contribution in [-0.2, 0) is 12.8 Å². The van der Waals surface area contributed by atoms with E-state index < -0.39 is 0 Å². The number of H-pyrrole nitrogens is 1. The SMILES string of the molecule is CC1CCc2c(c(-c3ccc(O)cc3)nc3ccc4[nH]ncc4c23)C1. The van der Waals surface area contributed by atoms with E-state index in [1.165, 1.54) is 22.9 Å². The molecule has 1 unspecified atom stereocenters. The van der Waals surface area contributed by atoms with Crippen molar-refractivity contribution >= 4 is 21.8 Å². The molecular formula is C21H19N3O. The molecule has 0 saturated carbocycles. The molecule has 0 fully saturated rings. The largest absolute Gasteiger partial charge is 0.508 e. The van der Waals surface area contributed by atoms with E-state index >= 15 is 0 Å². The molecular weight excluding hydrogens is 310 g/mol. The Balaban J connectivity index is 1.87. The van der Waals surface area contributed by atoms with Crippen LogP contribution in [0.25, 0.3) is 33.1 Å². The molecule has 0 bridgehead atoms. The first-order chi connectivity index (χ1) is 12.2. The Morgan fingerprint density at radius 1 is 1.08 bits per heavy atom. The third kappa shape index (κ3) is 2.21. The Labute approximate surface area is 145 Å². The first-order valence-corrected chi connectivity index (χ1v) is 8.77. The van der Waals surface area contributed by atoms with Crippen LogP contribution in [0.3, 0.4) is 0 Å². The van der Waals surface area contributed by atoms with Gasteiger partial charge in [0, 0.05) is 16.3 Å². The normalized spacial score (nSPS) is 17.1. The molecule has 2 heterocycles. The lowest BCUT2D eigenvalue weighted by molar-refractivity contribution is 0.475. The van der Waals surface area contributed by atoms with Gasteiger partial charge in [0.15, 0.2) is 0 Å². The van der Waals surface area contributed by atoms with Gasteiger partial charge in [0.25, 0.3) is 0 Å². The zero-order chi connectivity index (χ0) is 17.0. The minimum Gasteiger partial charge on any atom is -0.508 e. The topological polar surface area (TPSA) is 61.8 Å². The molecule has 4 nitrogen and oxygen atoms in total. The molecule has 1 atom stereocenters. The summed E-state index contributed by atoms with van der Waals surface area (Å²) in [5.74, 6) is 0.943. The number of benzene rings is 2. The molecule has 4 aromatic rings. The van der Waals surface area contributed by atoms with E-state index in [0.29, 0.717) is 5.92 Å². The minimum atomic E-state index is 0.284. The Morgan fingerprint density at radius 3 is 2.76 bits per heavy atom. The summed E-state index contributed by atoms with van der Waals surface area (Å²) in [6.45, 7) is 2.31. The predicted molar refractivity (Wildman–Crippen MR) is 99.7 cm³/mol. The average molecular weight is 329 g/mol. The van der Waals surface area contributed by atoms with Crippen molar-refractivity contribution in [3.63, 3.8) is 0 Å². The van der Waals surface area contributed by atoms with Crippen molar-refractivity contribution in [2.75, 3.05) is 0 Å². The van der Waals surface area contributed by atoms with Gasteiger partial charge < -0.3 is 5.11 Å². The van der Waals surface area contributed by atoms with Gasteiger partial charge in [-0.2, -0.15) is 5.10 Å². The molecule has 0 saturated heterocycles. The summed E-state index contributed by atoms with van der Waals surface area (Å²) in [5, 5.41) is 19.3. The van der Waals surface area contributed by atoms with Gasteiger partial charge in [0.05, 0.1) is 22.9 Å². The second-order valence-electron chi connectivity index (χ2n) is 7.10. The third-order valence-corrected chi connectivity index (χ3v) is 5.37. The highest BCUT2D eigenvalue weighted by molar-refractivity contribution is 6.07. The van der Waals surface area contributed by atoms with Gasteiger partial charge in [-0.25, -0.2) is 4.98 Å². The van der Waals surface area contributed by atoms with Crippen molar-refractivity contribution in [3.8, 4) is 17.0 Å². The van der Waals surface area contributed by atoms with Crippen molar-refractivity contribution in [1.82, 2.24) is 15.2 Å². The van der Waals surface area contributed by atoms with Crippen molar-refractivity contribution in [3.05, 3.63) is 53.7 Å². The Morgan fingerprint density at radius 2 is 1.92 bits per heavy atom. The van der Waals surface area contributed by atoms with Crippen molar-refractivity contribution in [1.29, 1.82) is 0 Å². The lowest BCUT2D eigenvalue weighted by Gasteiger charge is -2.25. The van der Waals surface area contributed by atoms with Crippen LogP contribution in [0.2, 0.25) is 0 Å². The van der Waals surface area contributed by atoms with Crippen LogP contribution in [0.4, 0.5) is 0 Å². The van der Waals surface area contributed by atoms with Gasteiger partial charge >= 0.3 is 0 Å². The van der Waals surface area contributed by atoms with Crippen LogP contribution in [0.5, 0.6) is 5.75 Å². The Bertz CT molecular complexity index is 1100. The van der Waals surface area contributed by atoms with Gasteiger partial charge in [0.2, 0.25) is 0 Å². The summed E-state index contributed by atoms with van der Waals surface area (Å²) >= 11 is 0. The number of phenols is 1. The van der Waals surface area contributed by atoms with Gasteiger partial charge in [-0.05, 0) is 72.7 Å². The first kappa shape index (κ1) is 14.5. The molecule has 0 amide bonds. The highest BCUT2D eigenvalue weighted by Crippen LogP contribution is 2.39. The van der Waals surface area contributed by atoms with Gasteiger partial charge in [0.1, 0.15) is 5.75 Å². The molecule has 5 rings (SSSR count). The van der Waals surface area contributed by atoms with E-state index in [0.717, 1.165) is 40.5 Å². The molecule has 0 radical (unpaired) electrons. The zero-order valence-corrected chi connectivity index (χ0v) is 14.1. The number of hydrogen-bond acceptors (Lipinski definition) is 3. The van der Waals surface area contributed by atoms with Crippen LogP contribution in [0.15, 0.2) is 42.6 Å². The average Bonchev–Trinajstić information content (AvgIpc) is 3.10. The number of nitrogens with zero attached hydrogens (tertiary/aromatic N) is 2. The lowest BCUT2D eigenvalue weighted by atomic mass is 9.81. The van der Waals surface area contributed by atoms with Crippen LogP contribution >= 0.6 is 0 Å². The second-order valence-corrected chi connectivity index (χ2v) is 7.10. The summed E-state index contributed by atoms with van der Waals surface area (Å²) < 4.78 is 0. The maximum atomic E-state index is 9.62. The molecule has 25 heavy (non-hydrogen) atoms. The highest BCUT2D eigenvalue weighted by atomic mass is 16.3. The van der Waals surface area contributed by atoms with E-state index in [2.05, 4.69) is 29.3 Å². The fourth-order valence-corrected chi connectivity index (χ4v) is 4.09. The molecule has 2 aromatic heterocycles. The number of fused-ring (bicyclic) bond motifs is 5. The number of phenolic OH excluding ortho intramolecular Hbond substituents is 1. The Kier molecular flexibility index (Phi) is 3.07. The lowest BCUT2D eigenvalue weighted by Crippen LogP contribution is -2.14. The molecule has 0 aliphatic heterocycles. The summed E-state index contributed by atoms with van der Waals surface area (Å²) in [7, 11) is 0. The molecule has 2 N–H and O–H groups in total. The van der Waals surface area contributed by atoms with E-state index in [1.54, 1.807) is 12.1 Å². The van der Waals surface area contributed by atoms with Gasteiger partial charge in [-0.3, -0.25) is 5.10 Å². The summed E-state index contributed by atoms with van der Waals surface area (Å²) in [4.78, 5) is 5.03. The summed E-state index contributed by atoms with van der Waals surface area (Å²) in [6.07, 6.45) is 5.24. The number of aromatic amines is 1. The van der Waals surface area contributed by atoms with Crippen LogP contribution in [0.1, 0.15) is 24.5 Å². The standard InChI is InChI=1S/C21H19N3O/c1-12-2-7-15-16(10-12)21(13-3-5-14(25)6-4-13)23-19-9-8-18-17(20(15)19)11-22-24-18/h3-6,8-9,11-12,25H,2,7,10H2,1H3,(H,22,24). The maximum absolute atomic E-state index is 9.62. The number of aryl methyl sites for hydroxylation is 1. The second kappa shape index (κ2) is 5.31. The monoisotopic (exact) mass is 329 g/mol. The summed E-state index contributed by atoms with van der Waals surface area (Å²) in [5.41, 5.74) is 6.97. The summed E-state index contributed by atoms with van der Waals surface area (Å²) in [6, 6.07) is 11.5. The van der Waals surface area contributed by atoms with Crippen molar-refractivity contribution in [2.24, 2.45) is 5.92 Å². The van der Waals surface area contributed by atoms with Gasteiger partial charge in [-0.15, -0.1) is 0 Å². The van der Waals surface area contributed by atoms with Crippen molar-refractivity contribution < 1.29 is 5.11 Å². The van der Waals surface area contributed by atoms with E-state index in [4.69, 9.17) is 4.98 Å². The smallest absolute Gasteiger partial charge is 0.115 e. The van der Waals surface area contributed by atoms with E-state index in [9.17, 15) is 5.11 Å². The van der Waals surface area contributed by atoms with Crippen molar-refractivity contribution in [2.45, 2.75) is 26.2 Å². The van der Waals surface area contributed by atoms with Crippen LogP contribution in [-0.4, -0.2) is 20.3 Å². The van der Waals surface area contributed by atoms with Gasteiger partial charge in [-0.1, -0.05) is 6.92 Å². The van der Waals surface area contributed by atoms with E-state index in [-0.39, 0.29) is 5.75 Å². The Hall–Kier alpha value is -2.88. The fourth-order valence-electron chi connectivity index (χ4n) is 4.09. The number of aromatic hydroxyl groups is 1. The van der Waals surface area contributed by atoms with Crippen LogP contribution in [0, 0.1) is 5.92 Å². The first-order valence-electron chi connectivity index (χ1n) is 8.77. The quantitative estimate of drug-likeness (QED) is 0.536. The minimum absolute atomic E-state index is 0.284. The number of rotatable bonds is 1. The molecule has 1 aliphatic rings. The zero-order valence-electron chi connectivity index (χ0n) is 14.1. The third-order valence-electron chi connectivity index (χ3n) is 5.37. The number of nitrogens with one attached hydrogen (secondary N) is 1. The molecule has 2 aromatic carbocycles. The number of pyridine rings is 1. The van der Waals surface area contributed by atoms with E-state index in [1.807, 2.05) is 18.3 Å². The molecule has 4 heteroatoms. The number of aromatic nitrogens is 3. The number of hydrogen-bond donors (Lipinski definition) is 2. The highest BCUT2D eigenvalue weighted by Gasteiger charge is 2.24. The predicted octanol–water partition coefficient (Wildman–Crippen LogP) is 4.61. The fraction of sp³-hybridized carbons (Fsp3) is 0.238. The van der Waals surface area contributed by atoms with Crippen LogP contribution < -0.4 is 0 Å².